The van der Waals surface area contributed by atoms with E-state index in [0.717, 1.165) is 41.0 Å². The van der Waals surface area contributed by atoms with Crippen molar-refractivity contribution in [3.05, 3.63) is 34.2 Å². The summed E-state index contributed by atoms with van der Waals surface area (Å²) in [5.74, 6) is 0.0802. The van der Waals surface area contributed by atoms with Crippen LogP contribution in [-0.2, 0) is 17.6 Å². The molecule has 0 atom stereocenters. The third-order valence-corrected chi connectivity index (χ3v) is 3.79. The van der Waals surface area contributed by atoms with Crippen molar-refractivity contribution >= 4 is 27.5 Å². The molecule has 0 saturated carbocycles. The minimum Gasteiger partial charge on any atom is -0.336 e. The largest absolute Gasteiger partial charge is 0.336 e. The number of rotatable bonds is 3. The van der Waals surface area contributed by atoms with Gasteiger partial charge in [-0.2, -0.15) is 0 Å². The van der Waals surface area contributed by atoms with Crippen LogP contribution in [0.25, 0.3) is 11.3 Å². The van der Waals surface area contributed by atoms with E-state index in [0.29, 0.717) is 17.7 Å². The summed E-state index contributed by atoms with van der Waals surface area (Å²) in [4.78, 5) is 19.0. The molecule has 104 valence electrons. The zero-order valence-corrected chi connectivity index (χ0v) is 12.5. The van der Waals surface area contributed by atoms with E-state index < -0.39 is 0 Å². The van der Waals surface area contributed by atoms with Crippen molar-refractivity contribution in [2.75, 3.05) is 11.9 Å². The van der Waals surface area contributed by atoms with E-state index in [9.17, 15) is 4.79 Å². The maximum Gasteiger partial charge on any atom is 0.224 e. The summed E-state index contributed by atoms with van der Waals surface area (Å²) in [6.45, 7) is 0.572. The standard InChI is InChI=1S/C14H15BrN4O/c15-14-18-11(5-6-16)13(19-14)9-1-3-10-8(7-9)2-4-12(20)17-10/h1,3,7H,2,4-6,16H2,(H,17,20)(H,18,19). The van der Waals surface area contributed by atoms with Gasteiger partial charge in [0.2, 0.25) is 5.91 Å². The molecule has 0 aliphatic carbocycles. The van der Waals surface area contributed by atoms with E-state index in [1.807, 2.05) is 12.1 Å². The van der Waals surface area contributed by atoms with E-state index in [1.165, 1.54) is 0 Å². The molecule has 0 radical (unpaired) electrons. The van der Waals surface area contributed by atoms with Gasteiger partial charge in [-0.05, 0) is 46.6 Å². The molecule has 1 aliphatic rings. The zero-order valence-electron chi connectivity index (χ0n) is 10.9. The Labute approximate surface area is 125 Å². The molecule has 0 saturated heterocycles. The minimum absolute atomic E-state index is 0.0802. The Bertz CT molecular complexity index is 665. The number of imidazole rings is 1. The number of nitrogens with two attached hydrogens (primary N) is 1. The predicted octanol–water partition coefficient (Wildman–Crippen LogP) is 2.23. The second kappa shape index (κ2) is 5.38. The number of aromatic amines is 1. The molecule has 1 aliphatic heterocycles. The van der Waals surface area contributed by atoms with Crippen molar-refractivity contribution in [3.8, 4) is 11.3 Å². The van der Waals surface area contributed by atoms with Crippen LogP contribution in [0.2, 0.25) is 0 Å². The van der Waals surface area contributed by atoms with Crippen molar-refractivity contribution in [2.45, 2.75) is 19.3 Å². The Kier molecular flexibility index (Phi) is 3.58. The van der Waals surface area contributed by atoms with Crippen molar-refractivity contribution in [1.82, 2.24) is 9.97 Å². The van der Waals surface area contributed by atoms with E-state index in [2.05, 4.69) is 37.3 Å². The molecule has 3 rings (SSSR count). The van der Waals surface area contributed by atoms with Crippen molar-refractivity contribution in [1.29, 1.82) is 0 Å². The highest BCUT2D eigenvalue weighted by Gasteiger charge is 2.17. The van der Waals surface area contributed by atoms with Crippen LogP contribution < -0.4 is 11.1 Å². The molecule has 6 heteroatoms. The molecular weight excluding hydrogens is 320 g/mol. The zero-order chi connectivity index (χ0) is 14.1. The van der Waals surface area contributed by atoms with Gasteiger partial charge in [0.25, 0.3) is 0 Å². The molecule has 0 spiro atoms. The maximum absolute atomic E-state index is 11.4. The van der Waals surface area contributed by atoms with Gasteiger partial charge in [0.15, 0.2) is 4.73 Å². The quantitative estimate of drug-likeness (QED) is 0.804. The number of aryl methyl sites for hydroxylation is 1. The lowest BCUT2D eigenvalue weighted by Gasteiger charge is -2.17. The molecular formula is C14H15BrN4O. The monoisotopic (exact) mass is 334 g/mol. The number of nitrogens with zero attached hydrogens (tertiary/aromatic N) is 1. The number of anilines is 1. The van der Waals surface area contributed by atoms with E-state index in [1.54, 1.807) is 0 Å². The molecule has 2 aromatic rings. The average molecular weight is 335 g/mol. The molecule has 1 aromatic heterocycles. The summed E-state index contributed by atoms with van der Waals surface area (Å²) < 4.78 is 0.710. The van der Waals surface area contributed by atoms with Crippen LogP contribution in [-0.4, -0.2) is 22.4 Å². The number of aromatic nitrogens is 2. The summed E-state index contributed by atoms with van der Waals surface area (Å²) in [7, 11) is 0. The molecule has 5 nitrogen and oxygen atoms in total. The SMILES string of the molecule is NCCc1[nH]c(Br)nc1-c1ccc2c(c1)CCC(=O)N2. The third-order valence-electron chi connectivity index (χ3n) is 3.42. The predicted molar refractivity (Wildman–Crippen MR) is 81.4 cm³/mol. The first-order valence-electron chi connectivity index (χ1n) is 6.55. The lowest BCUT2D eigenvalue weighted by atomic mass is 9.98. The van der Waals surface area contributed by atoms with Gasteiger partial charge in [-0.3, -0.25) is 4.79 Å². The molecule has 0 bridgehead atoms. The third kappa shape index (κ3) is 2.48. The van der Waals surface area contributed by atoms with Crippen LogP contribution in [0.1, 0.15) is 17.7 Å². The first-order valence-corrected chi connectivity index (χ1v) is 7.34. The summed E-state index contributed by atoms with van der Waals surface area (Å²) in [5, 5.41) is 2.89. The van der Waals surface area contributed by atoms with Gasteiger partial charge in [-0.15, -0.1) is 0 Å². The van der Waals surface area contributed by atoms with Crippen LogP contribution in [0.3, 0.4) is 0 Å². The Balaban J connectivity index is 2.01. The van der Waals surface area contributed by atoms with Crippen molar-refractivity contribution in [3.63, 3.8) is 0 Å². The Morgan fingerprint density at radius 1 is 1.35 bits per heavy atom. The number of halogens is 1. The number of amides is 1. The van der Waals surface area contributed by atoms with Gasteiger partial charge in [-0.1, -0.05) is 6.07 Å². The Hall–Kier alpha value is -1.66. The molecule has 0 unspecified atom stereocenters. The van der Waals surface area contributed by atoms with Crippen LogP contribution in [0.15, 0.2) is 22.9 Å². The van der Waals surface area contributed by atoms with Crippen molar-refractivity contribution < 1.29 is 4.79 Å². The number of benzene rings is 1. The van der Waals surface area contributed by atoms with E-state index >= 15 is 0 Å². The number of nitrogens with one attached hydrogen (secondary N) is 2. The van der Waals surface area contributed by atoms with Crippen LogP contribution >= 0.6 is 15.9 Å². The molecule has 0 fully saturated rings. The lowest BCUT2D eigenvalue weighted by Crippen LogP contribution is -2.18. The Morgan fingerprint density at radius 2 is 2.20 bits per heavy atom. The van der Waals surface area contributed by atoms with Crippen LogP contribution in [0.4, 0.5) is 5.69 Å². The number of H-pyrrole nitrogens is 1. The lowest BCUT2D eigenvalue weighted by molar-refractivity contribution is -0.116. The van der Waals surface area contributed by atoms with Gasteiger partial charge in [0.05, 0.1) is 5.69 Å². The number of carbonyl (C=O) groups excluding carboxylic acids is 1. The highest BCUT2D eigenvalue weighted by atomic mass is 79.9. The number of carbonyl (C=O) groups is 1. The smallest absolute Gasteiger partial charge is 0.224 e. The molecule has 4 N–H and O–H groups in total. The number of hydrogen-bond donors (Lipinski definition) is 3. The molecule has 20 heavy (non-hydrogen) atoms. The summed E-state index contributed by atoms with van der Waals surface area (Å²) in [6, 6.07) is 6.01. The second-order valence-corrected chi connectivity index (χ2v) is 5.56. The highest BCUT2D eigenvalue weighted by Crippen LogP contribution is 2.30. The van der Waals surface area contributed by atoms with Gasteiger partial charge in [-0.25, -0.2) is 4.98 Å². The van der Waals surface area contributed by atoms with Crippen LogP contribution in [0, 0.1) is 0 Å². The molecule has 2 heterocycles. The van der Waals surface area contributed by atoms with Crippen molar-refractivity contribution in [2.24, 2.45) is 5.73 Å². The first-order chi connectivity index (χ1) is 9.67. The van der Waals surface area contributed by atoms with Gasteiger partial charge in [0.1, 0.15) is 0 Å². The van der Waals surface area contributed by atoms with Crippen LogP contribution in [0.5, 0.6) is 0 Å². The Morgan fingerprint density at radius 3 is 3.00 bits per heavy atom. The fourth-order valence-electron chi connectivity index (χ4n) is 2.47. The van der Waals surface area contributed by atoms with E-state index in [4.69, 9.17) is 5.73 Å². The second-order valence-electron chi connectivity index (χ2n) is 4.81. The molecule has 1 amide bonds. The minimum atomic E-state index is 0.0802. The van der Waals surface area contributed by atoms with E-state index in [-0.39, 0.29) is 5.91 Å². The fraction of sp³-hybridized carbons (Fsp3) is 0.286. The maximum atomic E-state index is 11.4. The van der Waals surface area contributed by atoms with Gasteiger partial charge < -0.3 is 16.0 Å². The number of fused-ring (bicyclic) bond motifs is 1. The molecule has 1 aromatic carbocycles. The highest BCUT2D eigenvalue weighted by molar-refractivity contribution is 9.10. The average Bonchev–Trinajstić information content (AvgIpc) is 2.79. The normalized spacial score (nSPS) is 14.0. The first kappa shape index (κ1) is 13.3. The van der Waals surface area contributed by atoms with Gasteiger partial charge in [0, 0.05) is 29.8 Å². The fourth-order valence-corrected chi connectivity index (χ4v) is 2.89. The topological polar surface area (TPSA) is 83.8 Å². The number of hydrogen-bond acceptors (Lipinski definition) is 3. The summed E-state index contributed by atoms with van der Waals surface area (Å²) in [5.41, 5.74) is 10.7. The summed E-state index contributed by atoms with van der Waals surface area (Å²) in [6.07, 6.45) is 2.06. The summed E-state index contributed by atoms with van der Waals surface area (Å²) >= 11 is 3.37. The van der Waals surface area contributed by atoms with Gasteiger partial charge >= 0.3 is 0 Å².